The van der Waals surface area contributed by atoms with Gasteiger partial charge in [0.05, 0.1) is 20.8 Å². The van der Waals surface area contributed by atoms with E-state index in [2.05, 4.69) is 24.5 Å². The number of amides is 1. The Bertz CT molecular complexity index is 897. The number of anilines is 1. The summed E-state index contributed by atoms with van der Waals surface area (Å²) in [4.78, 5) is 12.2. The Labute approximate surface area is 183 Å². The summed E-state index contributed by atoms with van der Waals surface area (Å²) in [7, 11) is 3.13. The minimum atomic E-state index is -0.341. The zero-order valence-electron chi connectivity index (χ0n) is 17.7. The second-order valence-corrected chi connectivity index (χ2v) is 7.36. The highest BCUT2D eigenvalue weighted by molar-refractivity contribution is 7.80. The smallest absolute Gasteiger partial charge is 0.250 e. The first-order valence-corrected chi connectivity index (χ1v) is 10.1. The number of carbonyl (C=O) groups excluding carboxylic acids is 1. The maximum Gasteiger partial charge on any atom is 0.250 e. The summed E-state index contributed by atoms with van der Waals surface area (Å²) < 4.78 is 16.2. The average Bonchev–Trinajstić information content (AvgIpc) is 2.72. The third kappa shape index (κ3) is 7.75. The van der Waals surface area contributed by atoms with Crippen LogP contribution >= 0.6 is 12.2 Å². The minimum absolute atomic E-state index is 0.205. The van der Waals surface area contributed by atoms with Crippen LogP contribution in [0.25, 0.3) is 6.08 Å². The lowest BCUT2D eigenvalue weighted by atomic mass is 10.1. The largest absolute Gasteiger partial charge is 0.494 e. The lowest BCUT2D eigenvalue weighted by Gasteiger charge is -2.11. The summed E-state index contributed by atoms with van der Waals surface area (Å²) in [5.74, 6) is 2.21. The predicted molar refractivity (Wildman–Crippen MR) is 124 cm³/mol. The number of rotatable bonds is 9. The Balaban J connectivity index is 1.89. The van der Waals surface area contributed by atoms with Crippen LogP contribution in [0, 0.1) is 5.92 Å². The van der Waals surface area contributed by atoms with Crippen LogP contribution in [0.15, 0.2) is 48.5 Å². The highest BCUT2D eigenvalue weighted by atomic mass is 32.1. The van der Waals surface area contributed by atoms with Crippen molar-refractivity contribution in [2.45, 2.75) is 20.3 Å². The van der Waals surface area contributed by atoms with Crippen molar-refractivity contribution in [1.29, 1.82) is 0 Å². The molecule has 0 aliphatic rings. The van der Waals surface area contributed by atoms with Gasteiger partial charge in [-0.05, 0) is 60.5 Å². The molecule has 0 saturated heterocycles. The van der Waals surface area contributed by atoms with Gasteiger partial charge in [-0.2, -0.15) is 0 Å². The second kappa shape index (κ2) is 11.8. The molecule has 2 aromatic carbocycles. The number of nitrogens with one attached hydrogen (secondary N) is 2. The maximum absolute atomic E-state index is 12.2. The molecule has 0 bridgehead atoms. The lowest BCUT2D eigenvalue weighted by molar-refractivity contribution is -0.115. The fourth-order valence-corrected chi connectivity index (χ4v) is 2.74. The molecule has 0 heterocycles. The summed E-state index contributed by atoms with van der Waals surface area (Å²) in [5, 5.41) is 5.82. The molecule has 160 valence electrons. The fraction of sp³-hybridized carbons (Fsp3) is 0.304. The molecule has 6 nitrogen and oxygen atoms in total. The van der Waals surface area contributed by atoms with Gasteiger partial charge < -0.3 is 19.5 Å². The van der Waals surface area contributed by atoms with Gasteiger partial charge >= 0.3 is 0 Å². The van der Waals surface area contributed by atoms with Gasteiger partial charge in [0.1, 0.15) is 5.75 Å². The van der Waals surface area contributed by atoms with Crippen molar-refractivity contribution < 1.29 is 19.0 Å². The van der Waals surface area contributed by atoms with E-state index in [0.29, 0.717) is 24.0 Å². The SMILES string of the molecule is COc1ccc(/C=C/C(=O)NC(=S)Nc2cccc(OCCC(C)C)c2)cc1OC. The number of benzene rings is 2. The predicted octanol–water partition coefficient (Wildman–Crippen LogP) is 4.66. The molecule has 30 heavy (non-hydrogen) atoms. The van der Waals surface area contributed by atoms with Crippen molar-refractivity contribution in [2.75, 3.05) is 26.1 Å². The monoisotopic (exact) mass is 428 g/mol. The molecule has 0 unspecified atom stereocenters. The van der Waals surface area contributed by atoms with Gasteiger partial charge in [0.15, 0.2) is 16.6 Å². The van der Waals surface area contributed by atoms with Crippen molar-refractivity contribution in [3.05, 3.63) is 54.1 Å². The first-order valence-electron chi connectivity index (χ1n) is 9.66. The summed E-state index contributed by atoms with van der Waals surface area (Å²) in [6.45, 7) is 4.97. The molecule has 0 fully saturated rings. The van der Waals surface area contributed by atoms with E-state index < -0.39 is 0 Å². The molecule has 7 heteroatoms. The maximum atomic E-state index is 12.2. The quantitative estimate of drug-likeness (QED) is 0.447. The molecule has 0 radical (unpaired) electrons. The number of carbonyl (C=O) groups is 1. The second-order valence-electron chi connectivity index (χ2n) is 6.95. The average molecular weight is 429 g/mol. The topological polar surface area (TPSA) is 68.8 Å². The van der Waals surface area contributed by atoms with Crippen LogP contribution in [0.5, 0.6) is 17.2 Å². The van der Waals surface area contributed by atoms with Crippen LogP contribution in [-0.2, 0) is 4.79 Å². The van der Waals surface area contributed by atoms with E-state index in [1.807, 2.05) is 30.3 Å². The molecule has 0 spiro atoms. The Morgan fingerprint density at radius 1 is 1.10 bits per heavy atom. The molecular weight excluding hydrogens is 400 g/mol. The number of thiocarbonyl (C=S) groups is 1. The molecule has 0 saturated carbocycles. The van der Waals surface area contributed by atoms with Crippen LogP contribution in [0.2, 0.25) is 0 Å². The Hall–Kier alpha value is -3.06. The molecule has 2 N–H and O–H groups in total. The van der Waals surface area contributed by atoms with Gasteiger partial charge in [0.25, 0.3) is 0 Å². The van der Waals surface area contributed by atoms with E-state index in [1.54, 1.807) is 32.4 Å². The molecule has 0 aromatic heterocycles. The number of hydrogen-bond donors (Lipinski definition) is 2. The van der Waals surface area contributed by atoms with E-state index in [0.717, 1.165) is 23.4 Å². The zero-order chi connectivity index (χ0) is 21.9. The number of ether oxygens (including phenoxy) is 3. The molecule has 0 aliphatic heterocycles. The first-order chi connectivity index (χ1) is 14.4. The molecule has 1 amide bonds. The van der Waals surface area contributed by atoms with Crippen LogP contribution in [0.4, 0.5) is 5.69 Å². The molecule has 0 atom stereocenters. The summed E-state index contributed by atoms with van der Waals surface area (Å²) in [6, 6.07) is 12.8. The van der Waals surface area contributed by atoms with Crippen LogP contribution in [-0.4, -0.2) is 31.8 Å². The van der Waals surface area contributed by atoms with Crippen molar-refractivity contribution in [3.63, 3.8) is 0 Å². The summed E-state index contributed by atoms with van der Waals surface area (Å²) in [6.07, 6.45) is 4.06. The Morgan fingerprint density at radius 3 is 2.57 bits per heavy atom. The molecule has 0 aliphatic carbocycles. The zero-order valence-corrected chi connectivity index (χ0v) is 18.5. The normalized spacial score (nSPS) is 10.7. The number of hydrogen-bond acceptors (Lipinski definition) is 5. The minimum Gasteiger partial charge on any atom is -0.494 e. The first kappa shape index (κ1) is 23.2. The molecule has 2 rings (SSSR count). The highest BCUT2D eigenvalue weighted by Gasteiger charge is 2.05. The van der Waals surface area contributed by atoms with Crippen LogP contribution in [0.1, 0.15) is 25.8 Å². The van der Waals surface area contributed by atoms with Gasteiger partial charge in [0, 0.05) is 17.8 Å². The van der Waals surface area contributed by atoms with E-state index in [4.69, 9.17) is 26.4 Å². The summed E-state index contributed by atoms with van der Waals surface area (Å²) in [5.41, 5.74) is 1.54. The summed E-state index contributed by atoms with van der Waals surface area (Å²) >= 11 is 5.23. The Kier molecular flexibility index (Phi) is 9.15. The van der Waals surface area contributed by atoms with Gasteiger partial charge in [-0.3, -0.25) is 10.1 Å². The van der Waals surface area contributed by atoms with Crippen LogP contribution < -0.4 is 24.8 Å². The number of methoxy groups -OCH3 is 2. The van der Waals surface area contributed by atoms with E-state index >= 15 is 0 Å². The van der Waals surface area contributed by atoms with E-state index in [1.165, 1.54) is 6.08 Å². The van der Waals surface area contributed by atoms with Crippen molar-refractivity contribution >= 4 is 35.0 Å². The third-order valence-corrected chi connectivity index (χ3v) is 4.33. The van der Waals surface area contributed by atoms with Gasteiger partial charge in [0.2, 0.25) is 5.91 Å². The van der Waals surface area contributed by atoms with Crippen LogP contribution in [0.3, 0.4) is 0 Å². The Morgan fingerprint density at radius 2 is 1.87 bits per heavy atom. The van der Waals surface area contributed by atoms with Gasteiger partial charge in [-0.25, -0.2) is 0 Å². The van der Waals surface area contributed by atoms with Crippen molar-refractivity contribution in [3.8, 4) is 17.2 Å². The molecular formula is C23H28N2O4S. The van der Waals surface area contributed by atoms with E-state index in [-0.39, 0.29) is 11.0 Å². The lowest BCUT2D eigenvalue weighted by Crippen LogP contribution is -2.32. The third-order valence-electron chi connectivity index (χ3n) is 4.13. The van der Waals surface area contributed by atoms with Gasteiger partial charge in [-0.15, -0.1) is 0 Å². The van der Waals surface area contributed by atoms with Crippen molar-refractivity contribution in [1.82, 2.24) is 5.32 Å². The standard InChI is InChI=1S/C23H28N2O4S/c1-16(2)12-13-29-19-7-5-6-18(15-19)24-23(30)25-22(26)11-9-17-8-10-20(27-3)21(14-17)28-4/h5-11,14-16H,12-13H2,1-4H3,(H2,24,25,26,30)/b11-9+. The fourth-order valence-electron chi connectivity index (χ4n) is 2.52. The van der Waals surface area contributed by atoms with Gasteiger partial charge in [-0.1, -0.05) is 26.0 Å². The highest BCUT2D eigenvalue weighted by Crippen LogP contribution is 2.27. The molecule has 2 aromatic rings. The van der Waals surface area contributed by atoms with E-state index in [9.17, 15) is 4.79 Å². The van der Waals surface area contributed by atoms with Crippen molar-refractivity contribution in [2.24, 2.45) is 5.92 Å².